The summed E-state index contributed by atoms with van der Waals surface area (Å²) in [4.78, 5) is 20.4. The van der Waals surface area contributed by atoms with E-state index >= 15 is 0 Å². The molecule has 2 rings (SSSR count). The summed E-state index contributed by atoms with van der Waals surface area (Å²) in [6.45, 7) is 6.18. The number of amides is 1. The molecule has 0 spiro atoms. The first-order chi connectivity index (χ1) is 10.3. The third kappa shape index (κ3) is 3.60. The number of hydrogen-bond acceptors (Lipinski definition) is 5. The van der Waals surface area contributed by atoms with E-state index in [1.165, 1.54) is 19.5 Å². The van der Waals surface area contributed by atoms with Crippen LogP contribution in [0, 0.1) is 5.41 Å². The SMILES string of the molecule is COc1cc(C(=O)NC(c2cnn(C)c2)C(C)(C)C)ncn1. The van der Waals surface area contributed by atoms with Crippen molar-refractivity contribution in [3.8, 4) is 5.88 Å². The Morgan fingerprint density at radius 1 is 1.36 bits per heavy atom. The van der Waals surface area contributed by atoms with Crippen LogP contribution in [0.5, 0.6) is 5.88 Å². The lowest BCUT2D eigenvalue weighted by atomic mass is 9.83. The lowest BCUT2D eigenvalue weighted by Gasteiger charge is -2.30. The van der Waals surface area contributed by atoms with E-state index in [9.17, 15) is 4.79 Å². The van der Waals surface area contributed by atoms with E-state index < -0.39 is 0 Å². The molecule has 0 bridgehead atoms. The molecule has 1 unspecified atom stereocenters. The Bertz CT molecular complexity index is 660. The van der Waals surface area contributed by atoms with Crippen molar-refractivity contribution in [1.82, 2.24) is 25.1 Å². The maximum absolute atomic E-state index is 12.5. The van der Waals surface area contributed by atoms with Crippen LogP contribution in [0.4, 0.5) is 0 Å². The van der Waals surface area contributed by atoms with Crippen LogP contribution in [0.2, 0.25) is 0 Å². The maximum atomic E-state index is 12.5. The molecule has 22 heavy (non-hydrogen) atoms. The lowest BCUT2D eigenvalue weighted by molar-refractivity contribution is 0.0896. The predicted octanol–water partition coefficient (Wildman–Crippen LogP) is 1.74. The Kier molecular flexibility index (Phi) is 4.44. The molecule has 7 nitrogen and oxygen atoms in total. The summed E-state index contributed by atoms with van der Waals surface area (Å²) < 4.78 is 6.74. The Morgan fingerprint density at radius 2 is 2.09 bits per heavy atom. The number of aryl methyl sites for hydroxylation is 1. The monoisotopic (exact) mass is 303 g/mol. The van der Waals surface area contributed by atoms with Crippen molar-refractivity contribution < 1.29 is 9.53 Å². The van der Waals surface area contributed by atoms with Crippen LogP contribution in [-0.4, -0.2) is 32.8 Å². The zero-order valence-corrected chi connectivity index (χ0v) is 13.5. The Labute approximate surface area is 129 Å². The largest absolute Gasteiger partial charge is 0.481 e. The zero-order valence-electron chi connectivity index (χ0n) is 13.5. The fourth-order valence-electron chi connectivity index (χ4n) is 2.17. The van der Waals surface area contributed by atoms with Crippen molar-refractivity contribution in [2.24, 2.45) is 12.5 Å². The molecule has 2 heterocycles. The van der Waals surface area contributed by atoms with Gasteiger partial charge in [0.25, 0.3) is 5.91 Å². The molecule has 0 aliphatic carbocycles. The first kappa shape index (κ1) is 15.9. The fraction of sp³-hybridized carbons (Fsp3) is 0.467. The van der Waals surface area contributed by atoms with Gasteiger partial charge in [0, 0.05) is 24.9 Å². The molecule has 0 radical (unpaired) electrons. The average Bonchev–Trinajstić information content (AvgIpc) is 2.89. The van der Waals surface area contributed by atoms with Crippen LogP contribution in [-0.2, 0) is 7.05 Å². The van der Waals surface area contributed by atoms with Gasteiger partial charge in [0.2, 0.25) is 5.88 Å². The summed E-state index contributed by atoms with van der Waals surface area (Å²) in [5.74, 6) is 0.0818. The van der Waals surface area contributed by atoms with Gasteiger partial charge in [-0.1, -0.05) is 20.8 Å². The average molecular weight is 303 g/mol. The van der Waals surface area contributed by atoms with Crippen LogP contribution in [0.15, 0.2) is 24.8 Å². The number of carbonyl (C=O) groups is 1. The molecule has 1 atom stereocenters. The van der Waals surface area contributed by atoms with Crippen molar-refractivity contribution >= 4 is 5.91 Å². The van der Waals surface area contributed by atoms with Crippen molar-refractivity contribution in [2.75, 3.05) is 7.11 Å². The van der Waals surface area contributed by atoms with Gasteiger partial charge in [0.1, 0.15) is 12.0 Å². The van der Waals surface area contributed by atoms with E-state index in [4.69, 9.17) is 4.74 Å². The smallest absolute Gasteiger partial charge is 0.270 e. The molecule has 0 aliphatic rings. The number of methoxy groups -OCH3 is 1. The van der Waals surface area contributed by atoms with Gasteiger partial charge in [0.05, 0.1) is 19.3 Å². The fourth-order valence-corrected chi connectivity index (χ4v) is 2.17. The molecule has 0 aromatic carbocycles. The molecular weight excluding hydrogens is 282 g/mol. The van der Waals surface area contributed by atoms with Crippen molar-refractivity contribution in [2.45, 2.75) is 26.8 Å². The first-order valence-electron chi connectivity index (χ1n) is 6.96. The van der Waals surface area contributed by atoms with Gasteiger partial charge in [-0.2, -0.15) is 5.10 Å². The molecule has 0 saturated carbocycles. The first-order valence-corrected chi connectivity index (χ1v) is 6.96. The number of nitrogens with zero attached hydrogens (tertiary/aromatic N) is 4. The molecule has 0 fully saturated rings. The second-order valence-corrected chi connectivity index (χ2v) is 6.17. The summed E-state index contributed by atoms with van der Waals surface area (Å²) >= 11 is 0. The van der Waals surface area contributed by atoms with Gasteiger partial charge in [-0.25, -0.2) is 9.97 Å². The van der Waals surface area contributed by atoms with Crippen molar-refractivity contribution in [3.05, 3.63) is 36.0 Å². The van der Waals surface area contributed by atoms with Crippen LogP contribution < -0.4 is 10.1 Å². The Morgan fingerprint density at radius 3 is 2.64 bits per heavy atom. The van der Waals surface area contributed by atoms with Gasteiger partial charge in [-0.15, -0.1) is 0 Å². The molecule has 1 N–H and O–H groups in total. The van der Waals surface area contributed by atoms with E-state index in [0.717, 1.165) is 5.56 Å². The van der Waals surface area contributed by atoms with Crippen molar-refractivity contribution in [1.29, 1.82) is 0 Å². The highest BCUT2D eigenvalue weighted by molar-refractivity contribution is 5.92. The molecule has 0 saturated heterocycles. The van der Waals surface area contributed by atoms with Gasteiger partial charge in [0.15, 0.2) is 0 Å². The minimum absolute atomic E-state index is 0.171. The zero-order chi connectivity index (χ0) is 16.3. The van der Waals surface area contributed by atoms with E-state index in [1.807, 2.05) is 13.2 Å². The summed E-state index contributed by atoms with van der Waals surface area (Å²) in [7, 11) is 3.35. The van der Waals surface area contributed by atoms with Crippen LogP contribution in [0.25, 0.3) is 0 Å². The van der Waals surface area contributed by atoms with Gasteiger partial charge in [-0.3, -0.25) is 9.48 Å². The van der Waals surface area contributed by atoms with Gasteiger partial charge < -0.3 is 10.1 Å². The number of rotatable bonds is 4. The summed E-state index contributed by atoms with van der Waals surface area (Å²) in [6.07, 6.45) is 4.97. The number of ether oxygens (including phenoxy) is 1. The third-order valence-corrected chi connectivity index (χ3v) is 3.28. The lowest BCUT2D eigenvalue weighted by Crippen LogP contribution is -2.36. The molecule has 118 valence electrons. The number of carbonyl (C=O) groups excluding carboxylic acids is 1. The topological polar surface area (TPSA) is 81.9 Å². The summed E-state index contributed by atoms with van der Waals surface area (Å²) in [5.41, 5.74) is 1.05. The molecule has 1 amide bonds. The van der Waals surface area contributed by atoms with Crippen LogP contribution in [0.3, 0.4) is 0 Å². The molecule has 7 heteroatoms. The molecule has 2 aromatic rings. The summed E-state index contributed by atoms with van der Waals surface area (Å²) in [6, 6.07) is 1.33. The van der Waals surface area contributed by atoms with Gasteiger partial charge >= 0.3 is 0 Å². The molecule has 2 aromatic heterocycles. The highest BCUT2D eigenvalue weighted by Gasteiger charge is 2.29. The van der Waals surface area contributed by atoms with Crippen LogP contribution in [0.1, 0.15) is 42.9 Å². The maximum Gasteiger partial charge on any atom is 0.270 e. The standard InChI is InChI=1S/C15H21N5O2/c1-15(2,3)13(10-7-18-20(4)8-10)19-14(21)11-6-12(22-5)17-9-16-11/h6-9,13H,1-5H3,(H,19,21). The quantitative estimate of drug-likeness (QED) is 0.930. The number of hydrogen-bond donors (Lipinski definition) is 1. The summed E-state index contributed by atoms with van der Waals surface area (Å²) in [5, 5.41) is 7.19. The van der Waals surface area contributed by atoms with Crippen LogP contribution >= 0.6 is 0 Å². The highest BCUT2D eigenvalue weighted by atomic mass is 16.5. The highest BCUT2D eigenvalue weighted by Crippen LogP contribution is 2.32. The normalized spacial score (nSPS) is 12.8. The number of aromatic nitrogens is 4. The second kappa shape index (κ2) is 6.13. The molecular formula is C15H21N5O2. The third-order valence-electron chi connectivity index (χ3n) is 3.28. The number of nitrogens with one attached hydrogen (secondary N) is 1. The van der Waals surface area contributed by atoms with E-state index in [1.54, 1.807) is 10.9 Å². The Balaban J connectivity index is 2.25. The Hall–Kier alpha value is -2.44. The van der Waals surface area contributed by atoms with E-state index in [2.05, 4.69) is 41.2 Å². The van der Waals surface area contributed by atoms with Crippen molar-refractivity contribution in [3.63, 3.8) is 0 Å². The van der Waals surface area contributed by atoms with E-state index in [-0.39, 0.29) is 23.1 Å². The predicted molar refractivity (Wildman–Crippen MR) is 81.5 cm³/mol. The molecule has 0 aliphatic heterocycles. The van der Waals surface area contributed by atoms with E-state index in [0.29, 0.717) is 5.88 Å². The second-order valence-electron chi connectivity index (χ2n) is 6.17. The van der Waals surface area contributed by atoms with Gasteiger partial charge in [-0.05, 0) is 5.41 Å². The minimum Gasteiger partial charge on any atom is -0.481 e. The minimum atomic E-state index is -0.274.